The second-order valence-corrected chi connectivity index (χ2v) is 9.89. The molecule has 1 aliphatic rings. The number of hydrogen-bond acceptors (Lipinski definition) is 7. The molecule has 1 N–H and O–H groups in total. The van der Waals surface area contributed by atoms with Gasteiger partial charge in [0.1, 0.15) is 10.6 Å². The molecule has 180 valence electrons. The van der Waals surface area contributed by atoms with E-state index in [0.717, 1.165) is 25.3 Å². The third-order valence-electron chi connectivity index (χ3n) is 5.66. The summed E-state index contributed by atoms with van der Waals surface area (Å²) in [6, 6.07) is 3.44. The third-order valence-corrected chi connectivity index (χ3v) is 7.58. The molecule has 1 amide bonds. The Morgan fingerprint density at radius 2 is 1.97 bits per heavy atom. The molecule has 1 aromatic heterocycles. The van der Waals surface area contributed by atoms with Crippen molar-refractivity contribution in [3.63, 3.8) is 0 Å². The summed E-state index contributed by atoms with van der Waals surface area (Å²) < 4.78 is 35.3. The average molecular weight is 480 g/mol. The van der Waals surface area contributed by atoms with Gasteiger partial charge in [-0.3, -0.25) is 14.9 Å². The van der Waals surface area contributed by atoms with Crippen LogP contribution in [0.4, 0.5) is 5.69 Å². The van der Waals surface area contributed by atoms with E-state index in [1.54, 1.807) is 6.92 Å². The maximum Gasteiger partial charge on any atom is 0.272 e. The lowest BCUT2D eigenvalue weighted by atomic mass is 10.2. The van der Waals surface area contributed by atoms with Crippen molar-refractivity contribution in [2.24, 2.45) is 0 Å². The Morgan fingerprint density at radius 1 is 1.30 bits per heavy atom. The number of nitro groups is 1. The topological polar surface area (TPSA) is 137 Å². The van der Waals surface area contributed by atoms with Crippen molar-refractivity contribution < 1.29 is 22.9 Å². The number of benzene rings is 1. The highest BCUT2D eigenvalue weighted by molar-refractivity contribution is 7.89. The zero-order valence-electron chi connectivity index (χ0n) is 19.2. The largest absolute Gasteiger partial charge is 0.438 e. The van der Waals surface area contributed by atoms with Crippen LogP contribution >= 0.6 is 0 Å². The van der Waals surface area contributed by atoms with Gasteiger partial charge in [0.2, 0.25) is 15.9 Å². The first kappa shape index (κ1) is 24.6. The fraction of sp³-hybridized carbons (Fsp3) is 0.524. The Balaban J connectivity index is 2.06. The fourth-order valence-corrected chi connectivity index (χ4v) is 5.21. The maximum atomic E-state index is 13.3. The van der Waals surface area contributed by atoms with Gasteiger partial charge in [-0.2, -0.15) is 9.40 Å². The number of hydrogen-bond donors (Lipinski definition) is 1. The van der Waals surface area contributed by atoms with Crippen molar-refractivity contribution in [1.82, 2.24) is 19.4 Å². The summed E-state index contributed by atoms with van der Waals surface area (Å²) in [7, 11) is -4.01. The van der Waals surface area contributed by atoms with Gasteiger partial charge in [-0.1, -0.05) is 6.92 Å². The molecule has 0 spiro atoms. The van der Waals surface area contributed by atoms with Gasteiger partial charge in [-0.25, -0.2) is 13.1 Å². The second-order valence-electron chi connectivity index (χ2n) is 7.98. The predicted molar refractivity (Wildman–Crippen MR) is 121 cm³/mol. The first-order valence-electron chi connectivity index (χ1n) is 10.9. The van der Waals surface area contributed by atoms with Crippen LogP contribution in [0.1, 0.15) is 56.1 Å². The smallest absolute Gasteiger partial charge is 0.272 e. The van der Waals surface area contributed by atoms with Crippen LogP contribution < -0.4 is 10.1 Å². The van der Waals surface area contributed by atoms with Crippen LogP contribution in [0.25, 0.3) is 0 Å². The van der Waals surface area contributed by atoms with E-state index in [0.29, 0.717) is 25.2 Å². The van der Waals surface area contributed by atoms with E-state index < -0.39 is 14.9 Å². The van der Waals surface area contributed by atoms with Crippen molar-refractivity contribution in [3.8, 4) is 11.6 Å². The van der Waals surface area contributed by atoms with Gasteiger partial charge in [-0.15, -0.1) is 0 Å². The lowest BCUT2D eigenvalue weighted by molar-refractivity contribution is -0.385. The number of amides is 1. The summed E-state index contributed by atoms with van der Waals surface area (Å²) in [5.74, 6) is -0.204. The minimum Gasteiger partial charge on any atom is -0.438 e. The number of nitro benzene ring substituents is 1. The van der Waals surface area contributed by atoms with Gasteiger partial charge in [0.25, 0.3) is 11.6 Å². The highest BCUT2D eigenvalue weighted by Gasteiger charge is 2.33. The maximum absolute atomic E-state index is 13.3. The molecule has 11 nitrogen and oxygen atoms in total. The molecule has 1 atom stereocenters. The van der Waals surface area contributed by atoms with E-state index >= 15 is 0 Å². The summed E-state index contributed by atoms with van der Waals surface area (Å²) in [6.45, 7) is 8.37. The molecule has 3 rings (SSSR count). The highest BCUT2D eigenvalue weighted by Crippen LogP contribution is 2.36. The predicted octanol–water partition coefficient (Wildman–Crippen LogP) is 3.22. The van der Waals surface area contributed by atoms with Crippen LogP contribution in [0, 0.1) is 17.0 Å². The minimum atomic E-state index is -4.01. The Hall–Kier alpha value is -2.99. The molecule has 2 heterocycles. The van der Waals surface area contributed by atoms with Crippen molar-refractivity contribution in [1.29, 1.82) is 0 Å². The number of aromatic nitrogens is 2. The molecular formula is C21H29N5O6S. The molecule has 0 unspecified atom stereocenters. The van der Waals surface area contributed by atoms with E-state index in [1.807, 2.05) is 20.8 Å². The zero-order chi connectivity index (χ0) is 24.3. The number of nitrogens with zero attached hydrogens (tertiary/aromatic N) is 4. The van der Waals surface area contributed by atoms with Gasteiger partial charge in [0.15, 0.2) is 5.69 Å². The molecule has 1 saturated heterocycles. The van der Waals surface area contributed by atoms with Crippen molar-refractivity contribution >= 4 is 21.6 Å². The number of carbonyl (C=O) groups excluding carboxylic acids is 1. The Morgan fingerprint density at radius 3 is 2.55 bits per heavy atom. The van der Waals surface area contributed by atoms with Crippen molar-refractivity contribution in [2.45, 2.75) is 64.4 Å². The molecule has 33 heavy (non-hydrogen) atoms. The van der Waals surface area contributed by atoms with Crippen LogP contribution in [0.2, 0.25) is 0 Å². The molecule has 1 fully saturated rings. The van der Waals surface area contributed by atoms with E-state index in [2.05, 4.69) is 10.4 Å². The molecule has 1 aromatic carbocycles. The van der Waals surface area contributed by atoms with Crippen LogP contribution in [0.3, 0.4) is 0 Å². The Labute approximate surface area is 192 Å². The number of nitrogens with one attached hydrogen (secondary N) is 1. The van der Waals surface area contributed by atoms with E-state index in [-0.39, 0.29) is 39.9 Å². The zero-order valence-corrected chi connectivity index (χ0v) is 20.0. The van der Waals surface area contributed by atoms with Gasteiger partial charge in [-0.05, 0) is 46.1 Å². The summed E-state index contributed by atoms with van der Waals surface area (Å²) in [5.41, 5.74) is 0.271. The molecule has 12 heteroatoms. The molecule has 2 aromatic rings. The summed E-state index contributed by atoms with van der Waals surface area (Å²) in [5, 5.41) is 18.5. The SMILES string of the molecule is CC[C@@H](C)NC(=O)c1nn(CC)c(Oc2ccc([N+](=O)[O-])cc2S(=O)(=O)N2CCCC2)c1C. The van der Waals surface area contributed by atoms with Crippen LogP contribution in [-0.2, 0) is 16.6 Å². The lowest BCUT2D eigenvalue weighted by Crippen LogP contribution is -2.32. The summed E-state index contributed by atoms with van der Waals surface area (Å²) in [4.78, 5) is 23.1. The van der Waals surface area contributed by atoms with E-state index in [4.69, 9.17) is 4.74 Å². The first-order chi connectivity index (χ1) is 15.6. The number of ether oxygens (including phenoxy) is 1. The Bertz CT molecular complexity index is 1150. The van der Waals surface area contributed by atoms with Crippen molar-refractivity contribution in [3.05, 3.63) is 39.6 Å². The van der Waals surface area contributed by atoms with Crippen LogP contribution in [-0.4, -0.2) is 52.5 Å². The van der Waals surface area contributed by atoms with Gasteiger partial charge in [0, 0.05) is 43.4 Å². The summed E-state index contributed by atoms with van der Waals surface area (Å²) in [6.07, 6.45) is 2.20. The number of sulfonamides is 1. The molecule has 0 bridgehead atoms. The Kier molecular flexibility index (Phi) is 7.38. The van der Waals surface area contributed by atoms with Gasteiger partial charge in [0.05, 0.1) is 4.92 Å². The fourth-order valence-electron chi connectivity index (χ4n) is 3.56. The van der Waals surface area contributed by atoms with Gasteiger partial charge < -0.3 is 10.1 Å². The second kappa shape index (κ2) is 9.87. The van der Waals surface area contributed by atoms with Crippen LogP contribution in [0.15, 0.2) is 23.1 Å². The molecule has 0 radical (unpaired) electrons. The monoisotopic (exact) mass is 479 g/mol. The van der Waals surface area contributed by atoms with E-state index in [9.17, 15) is 23.3 Å². The minimum absolute atomic E-state index is 0.0417. The summed E-state index contributed by atoms with van der Waals surface area (Å²) >= 11 is 0. The van der Waals surface area contributed by atoms with E-state index in [1.165, 1.54) is 21.1 Å². The normalized spacial score (nSPS) is 15.4. The van der Waals surface area contributed by atoms with Crippen molar-refractivity contribution in [2.75, 3.05) is 13.1 Å². The number of carbonyl (C=O) groups is 1. The quantitative estimate of drug-likeness (QED) is 0.431. The average Bonchev–Trinajstić information content (AvgIpc) is 3.43. The highest BCUT2D eigenvalue weighted by atomic mass is 32.2. The lowest BCUT2D eigenvalue weighted by Gasteiger charge is -2.18. The van der Waals surface area contributed by atoms with Gasteiger partial charge >= 0.3 is 0 Å². The first-order valence-corrected chi connectivity index (χ1v) is 12.4. The number of aryl methyl sites for hydroxylation is 1. The molecule has 0 aliphatic carbocycles. The standard InChI is InChI=1S/C21H29N5O6S/c1-5-14(3)22-20(27)19-15(4)21(25(6-2)23-19)32-17-10-9-16(26(28)29)13-18(17)33(30,31)24-11-7-8-12-24/h9-10,13-14H,5-8,11-12H2,1-4H3,(H,22,27)/t14-/m1/s1. The number of non-ortho nitro benzene ring substituents is 1. The molecule has 0 saturated carbocycles. The third kappa shape index (κ3) is 5.01. The molecule has 1 aliphatic heterocycles. The van der Waals surface area contributed by atoms with Crippen LogP contribution in [0.5, 0.6) is 11.6 Å². The number of rotatable bonds is 9. The molecular weight excluding hydrogens is 450 g/mol.